The van der Waals surface area contributed by atoms with Crippen molar-refractivity contribution in [2.24, 2.45) is 5.84 Å². The molecule has 0 spiro atoms. The predicted molar refractivity (Wildman–Crippen MR) is 42.8 cm³/mol. The molecule has 0 saturated heterocycles. The molecule has 0 aromatic carbocycles. The van der Waals surface area contributed by atoms with Gasteiger partial charge in [0.05, 0.1) is 6.10 Å². The van der Waals surface area contributed by atoms with Gasteiger partial charge in [0.15, 0.2) is 0 Å². The molecule has 0 atom stereocenters. The fourth-order valence-electron chi connectivity index (χ4n) is 0.473. The normalized spacial score (nSPS) is 10.5. The molecule has 11 heavy (non-hydrogen) atoms. The summed E-state index contributed by atoms with van der Waals surface area (Å²) in [5.74, 6) is 5.37. The van der Waals surface area contributed by atoms with Crippen LogP contribution in [0.4, 0.5) is 4.79 Å². The molecular formula is C7H16N2O2. The molecule has 2 N–H and O–H groups in total. The molecule has 0 heterocycles. The maximum Gasteiger partial charge on any atom is 0.424 e. The molecular weight excluding hydrogens is 144 g/mol. The van der Waals surface area contributed by atoms with E-state index in [0.717, 1.165) is 5.01 Å². The van der Waals surface area contributed by atoms with Crippen LogP contribution in [0.15, 0.2) is 0 Å². The third-order valence-corrected chi connectivity index (χ3v) is 1.10. The molecule has 0 aliphatic rings. The summed E-state index contributed by atoms with van der Waals surface area (Å²) in [6.45, 7) is 7.21. The number of hydrogen-bond acceptors (Lipinski definition) is 3. The number of amides is 1. The van der Waals surface area contributed by atoms with Crippen LogP contribution in [0.3, 0.4) is 0 Å². The summed E-state index contributed by atoms with van der Waals surface area (Å²) in [6, 6.07) is -0.0266. The Balaban J connectivity index is 3.83. The second-order valence-corrected chi connectivity index (χ2v) is 2.93. The van der Waals surface area contributed by atoms with Crippen molar-refractivity contribution >= 4 is 6.09 Å². The molecule has 0 aromatic rings. The molecule has 0 unspecified atom stereocenters. The minimum atomic E-state index is -0.477. The molecule has 0 saturated carbocycles. The maximum absolute atomic E-state index is 11.0. The van der Waals surface area contributed by atoms with E-state index < -0.39 is 6.09 Å². The van der Waals surface area contributed by atoms with Crippen molar-refractivity contribution in [3.8, 4) is 0 Å². The van der Waals surface area contributed by atoms with Gasteiger partial charge in [-0.15, -0.1) is 0 Å². The van der Waals surface area contributed by atoms with E-state index in [4.69, 9.17) is 10.6 Å². The van der Waals surface area contributed by atoms with Gasteiger partial charge in [-0.05, 0) is 27.7 Å². The molecule has 0 aromatic heterocycles. The third-order valence-electron chi connectivity index (χ3n) is 1.10. The SMILES string of the molecule is CC(C)OC(=O)N(N)C(C)C. The van der Waals surface area contributed by atoms with Crippen LogP contribution in [0, 0.1) is 0 Å². The van der Waals surface area contributed by atoms with E-state index in [2.05, 4.69) is 0 Å². The topological polar surface area (TPSA) is 55.6 Å². The zero-order valence-corrected chi connectivity index (χ0v) is 7.50. The summed E-state index contributed by atoms with van der Waals surface area (Å²) in [4.78, 5) is 11.0. The molecule has 0 aliphatic carbocycles. The fraction of sp³-hybridized carbons (Fsp3) is 0.857. The molecule has 0 aliphatic heterocycles. The van der Waals surface area contributed by atoms with Gasteiger partial charge in [0.2, 0.25) is 0 Å². The Morgan fingerprint density at radius 2 is 1.82 bits per heavy atom. The lowest BCUT2D eigenvalue weighted by atomic mass is 10.4. The summed E-state index contributed by atoms with van der Waals surface area (Å²) in [5, 5.41) is 1.07. The Kier molecular flexibility index (Phi) is 3.89. The lowest BCUT2D eigenvalue weighted by Gasteiger charge is -2.21. The van der Waals surface area contributed by atoms with Gasteiger partial charge < -0.3 is 4.74 Å². The van der Waals surface area contributed by atoms with Crippen molar-refractivity contribution in [3.05, 3.63) is 0 Å². The Morgan fingerprint density at radius 3 is 2.09 bits per heavy atom. The Morgan fingerprint density at radius 1 is 1.36 bits per heavy atom. The highest BCUT2D eigenvalue weighted by molar-refractivity contribution is 5.67. The lowest BCUT2D eigenvalue weighted by Crippen LogP contribution is -2.43. The standard InChI is InChI=1S/C7H16N2O2/c1-5(2)9(8)7(10)11-6(3)4/h5-6H,8H2,1-4H3. The van der Waals surface area contributed by atoms with Crippen LogP contribution in [0.1, 0.15) is 27.7 Å². The number of nitrogens with two attached hydrogens (primary N) is 1. The van der Waals surface area contributed by atoms with Crippen LogP contribution >= 0.6 is 0 Å². The van der Waals surface area contributed by atoms with Crippen LogP contribution in [0.2, 0.25) is 0 Å². The van der Waals surface area contributed by atoms with E-state index in [-0.39, 0.29) is 12.1 Å². The van der Waals surface area contributed by atoms with Gasteiger partial charge >= 0.3 is 6.09 Å². The van der Waals surface area contributed by atoms with Crippen molar-refractivity contribution in [2.75, 3.05) is 0 Å². The molecule has 0 rings (SSSR count). The average Bonchev–Trinajstić information content (AvgIpc) is 1.84. The van der Waals surface area contributed by atoms with Crippen LogP contribution in [0.5, 0.6) is 0 Å². The number of carbonyl (C=O) groups excluding carboxylic acids is 1. The molecule has 0 radical (unpaired) electrons. The molecule has 0 fully saturated rings. The van der Waals surface area contributed by atoms with Crippen molar-refractivity contribution in [1.29, 1.82) is 0 Å². The second kappa shape index (κ2) is 4.18. The average molecular weight is 160 g/mol. The molecule has 0 bridgehead atoms. The quantitative estimate of drug-likeness (QED) is 0.374. The van der Waals surface area contributed by atoms with Crippen LogP contribution in [-0.4, -0.2) is 23.2 Å². The monoisotopic (exact) mass is 160 g/mol. The predicted octanol–water partition coefficient (Wildman–Crippen LogP) is 1.12. The summed E-state index contributed by atoms with van der Waals surface area (Å²) in [5.41, 5.74) is 0. The van der Waals surface area contributed by atoms with E-state index in [1.54, 1.807) is 13.8 Å². The third kappa shape index (κ3) is 3.83. The lowest BCUT2D eigenvalue weighted by molar-refractivity contribution is 0.0679. The van der Waals surface area contributed by atoms with E-state index in [9.17, 15) is 4.79 Å². The van der Waals surface area contributed by atoms with Gasteiger partial charge in [-0.25, -0.2) is 15.6 Å². The van der Waals surface area contributed by atoms with E-state index >= 15 is 0 Å². The van der Waals surface area contributed by atoms with Crippen molar-refractivity contribution < 1.29 is 9.53 Å². The second-order valence-electron chi connectivity index (χ2n) is 2.93. The highest BCUT2D eigenvalue weighted by Gasteiger charge is 2.14. The molecule has 4 heteroatoms. The summed E-state index contributed by atoms with van der Waals surface area (Å²) >= 11 is 0. The van der Waals surface area contributed by atoms with Crippen molar-refractivity contribution in [1.82, 2.24) is 5.01 Å². The first-order valence-electron chi connectivity index (χ1n) is 3.69. The minimum Gasteiger partial charge on any atom is -0.446 e. The number of nitrogens with zero attached hydrogens (tertiary/aromatic N) is 1. The first-order valence-corrected chi connectivity index (χ1v) is 3.69. The highest BCUT2D eigenvalue weighted by atomic mass is 16.6. The zero-order valence-electron chi connectivity index (χ0n) is 7.50. The highest BCUT2D eigenvalue weighted by Crippen LogP contribution is 1.97. The minimum absolute atomic E-state index is 0.0266. The number of hydrazine groups is 1. The van der Waals surface area contributed by atoms with E-state index in [1.807, 2.05) is 13.8 Å². The van der Waals surface area contributed by atoms with Crippen molar-refractivity contribution in [3.63, 3.8) is 0 Å². The molecule has 4 nitrogen and oxygen atoms in total. The van der Waals surface area contributed by atoms with Crippen LogP contribution < -0.4 is 5.84 Å². The van der Waals surface area contributed by atoms with Crippen LogP contribution in [0.25, 0.3) is 0 Å². The van der Waals surface area contributed by atoms with Gasteiger partial charge in [0, 0.05) is 6.04 Å². The Labute approximate surface area is 67.3 Å². The van der Waals surface area contributed by atoms with E-state index in [1.165, 1.54) is 0 Å². The van der Waals surface area contributed by atoms with Gasteiger partial charge in [0.25, 0.3) is 0 Å². The van der Waals surface area contributed by atoms with Gasteiger partial charge in [-0.2, -0.15) is 0 Å². The summed E-state index contributed by atoms with van der Waals surface area (Å²) < 4.78 is 4.84. The molecule has 1 amide bonds. The molecule has 66 valence electrons. The number of rotatable bonds is 2. The fourth-order valence-corrected chi connectivity index (χ4v) is 0.473. The van der Waals surface area contributed by atoms with Gasteiger partial charge in [-0.1, -0.05) is 0 Å². The largest absolute Gasteiger partial charge is 0.446 e. The Bertz CT molecular complexity index is 134. The smallest absolute Gasteiger partial charge is 0.424 e. The van der Waals surface area contributed by atoms with E-state index in [0.29, 0.717) is 0 Å². The Hall–Kier alpha value is -0.770. The van der Waals surface area contributed by atoms with Crippen LogP contribution in [-0.2, 0) is 4.74 Å². The number of ether oxygens (including phenoxy) is 1. The first-order chi connectivity index (χ1) is 4.95. The van der Waals surface area contributed by atoms with Gasteiger partial charge in [-0.3, -0.25) is 0 Å². The zero-order chi connectivity index (χ0) is 9.02. The summed E-state index contributed by atoms with van der Waals surface area (Å²) in [7, 11) is 0. The van der Waals surface area contributed by atoms with Crippen molar-refractivity contribution in [2.45, 2.75) is 39.8 Å². The first kappa shape index (κ1) is 10.2. The maximum atomic E-state index is 11.0. The number of hydrogen-bond donors (Lipinski definition) is 1. The van der Waals surface area contributed by atoms with Gasteiger partial charge in [0.1, 0.15) is 0 Å². The summed E-state index contributed by atoms with van der Waals surface area (Å²) in [6.07, 6.45) is -0.595. The number of carbonyl (C=O) groups is 1.